The average Bonchev–Trinajstić information content (AvgIpc) is 2.77. The molecule has 1 heterocycles. The quantitative estimate of drug-likeness (QED) is 0.667. The molecule has 6 nitrogen and oxygen atoms in total. The molecule has 1 unspecified atom stereocenters. The van der Waals surface area contributed by atoms with E-state index in [9.17, 15) is 4.79 Å². The van der Waals surface area contributed by atoms with E-state index in [-0.39, 0.29) is 17.6 Å². The summed E-state index contributed by atoms with van der Waals surface area (Å²) in [5.74, 6) is 2.27. The standard InChI is InChI=1S/C11H17N5O/c1-3-5-9(4-2)13-11(17)10-8-16(7-6-12)15-14-10/h1,8-9H,4-7,12H2,2H3,(H,13,17). The number of nitrogens with zero attached hydrogens (tertiary/aromatic N) is 3. The molecular formula is C11H17N5O. The second-order valence-corrected chi connectivity index (χ2v) is 3.64. The first kappa shape index (κ1) is 13.2. The Morgan fingerprint density at radius 1 is 1.76 bits per heavy atom. The van der Waals surface area contributed by atoms with Crippen LogP contribution in [-0.2, 0) is 6.54 Å². The van der Waals surface area contributed by atoms with Crippen molar-refractivity contribution in [1.82, 2.24) is 20.3 Å². The first-order chi connectivity index (χ1) is 8.21. The summed E-state index contributed by atoms with van der Waals surface area (Å²) < 4.78 is 1.54. The van der Waals surface area contributed by atoms with Crippen molar-refractivity contribution in [2.45, 2.75) is 32.4 Å². The van der Waals surface area contributed by atoms with Crippen molar-refractivity contribution in [3.05, 3.63) is 11.9 Å². The van der Waals surface area contributed by atoms with E-state index >= 15 is 0 Å². The van der Waals surface area contributed by atoms with E-state index < -0.39 is 0 Å². The predicted octanol–water partition coefficient (Wildman–Crippen LogP) is -0.231. The van der Waals surface area contributed by atoms with Gasteiger partial charge in [0.2, 0.25) is 0 Å². The predicted molar refractivity (Wildman–Crippen MR) is 64.1 cm³/mol. The number of terminal acetylenes is 1. The molecule has 6 heteroatoms. The van der Waals surface area contributed by atoms with Crippen molar-refractivity contribution < 1.29 is 4.79 Å². The first-order valence-corrected chi connectivity index (χ1v) is 5.55. The molecular weight excluding hydrogens is 218 g/mol. The summed E-state index contributed by atoms with van der Waals surface area (Å²) in [6, 6.07) is -0.0211. The Balaban J connectivity index is 2.59. The van der Waals surface area contributed by atoms with Crippen LogP contribution in [0.2, 0.25) is 0 Å². The van der Waals surface area contributed by atoms with Crippen LogP contribution in [-0.4, -0.2) is 33.5 Å². The summed E-state index contributed by atoms with van der Waals surface area (Å²) >= 11 is 0. The number of hydrogen-bond donors (Lipinski definition) is 2. The van der Waals surface area contributed by atoms with Crippen LogP contribution in [0, 0.1) is 12.3 Å². The van der Waals surface area contributed by atoms with Crippen molar-refractivity contribution in [3.8, 4) is 12.3 Å². The lowest BCUT2D eigenvalue weighted by Crippen LogP contribution is -2.34. The van der Waals surface area contributed by atoms with Gasteiger partial charge in [-0.25, -0.2) is 0 Å². The number of amides is 1. The van der Waals surface area contributed by atoms with Crippen LogP contribution in [0.3, 0.4) is 0 Å². The number of carbonyl (C=O) groups excluding carboxylic acids is 1. The summed E-state index contributed by atoms with van der Waals surface area (Å²) in [4.78, 5) is 11.8. The largest absolute Gasteiger partial charge is 0.347 e. The van der Waals surface area contributed by atoms with Gasteiger partial charge in [0.25, 0.3) is 5.91 Å². The molecule has 92 valence electrons. The van der Waals surface area contributed by atoms with Gasteiger partial charge in [0.05, 0.1) is 12.7 Å². The van der Waals surface area contributed by atoms with Crippen LogP contribution in [0.25, 0.3) is 0 Å². The molecule has 3 N–H and O–H groups in total. The Kier molecular flexibility index (Phi) is 5.17. The molecule has 0 saturated carbocycles. The van der Waals surface area contributed by atoms with E-state index in [1.165, 1.54) is 4.68 Å². The van der Waals surface area contributed by atoms with E-state index in [1.807, 2.05) is 6.92 Å². The summed E-state index contributed by atoms with van der Waals surface area (Å²) in [7, 11) is 0. The fourth-order valence-corrected chi connectivity index (χ4v) is 1.34. The monoisotopic (exact) mass is 235 g/mol. The van der Waals surface area contributed by atoms with Gasteiger partial charge in [0, 0.05) is 19.0 Å². The average molecular weight is 235 g/mol. The minimum absolute atomic E-state index is 0.0211. The number of aromatic nitrogens is 3. The van der Waals surface area contributed by atoms with Crippen LogP contribution in [0.1, 0.15) is 30.3 Å². The van der Waals surface area contributed by atoms with Crippen LogP contribution in [0.5, 0.6) is 0 Å². The maximum Gasteiger partial charge on any atom is 0.273 e. The van der Waals surface area contributed by atoms with Gasteiger partial charge >= 0.3 is 0 Å². The van der Waals surface area contributed by atoms with E-state index in [0.29, 0.717) is 19.5 Å². The molecule has 17 heavy (non-hydrogen) atoms. The minimum atomic E-state index is -0.254. The van der Waals surface area contributed by atoms with E-state index in [0.717, 1.165) is 6.42 Å². The van der Waals surface area contributed by atoms with Gasteiger partial charge < -0.3 is 11.1 Å². The fourth-order valence-electron chi connectivity index (χ4n) is 1.34. The normalized spacial score (nSPS) is 11.8. The van der Waals surface area contributed by atoms with Crippen molar-refractivity contribution in [3.63, 3.8) is 0 Å². The molecule has 1 aromatic rings. The van der Waals surface area contributed by atoms with Gasteiger partial charge in [-0.15, -0.1) is 17.4 Å². The van der Waals surface area contributed by atoms with Crippen molar-refractivity contribution in [1.29, 1.82) is 0 Å². The molecule has 0 spiro atoms. The summed E-state index contributed by atoms with van der Waals surface area (Å²) in [5.41, 5.74) is 5.66. The maximum atomic E-state index is 11.8. The lowest BCUT2D eigenvalue weighted by atomic mass is 10.1. The number of nitrogens with two attached hydrogens (primary N) is 1. The van der Waals surface area contributed by atoms with Crippen molar-refractivity contribution in [2.24, 2.45) is 5.73 Å². The molecule has 0 aliphatic carbocycles. The Morgan fingerprint density at radius 3 is 3.12 bits per heavy atom. The maximum absolute atomic E-state index is 11.8. The highest BCUT2D eigenvalue weighted by Crippen LogP contribution is 1.99. The first-order valence-electron chi connectivity index (χ1n) is 5.55. The number of rotatable bonds is 6. The van der Waals surface area contributed by atoms with Gasteiger partial charge in [0.1, 0.15) is 0 Å². The molecule has 0 aliphatic rings. The third kappa shape index (κ3) is 3.89. The molecule has 1 atom stereocenters. The van der Waals surface area contributed by atoms with Gasteiger partial charge in [-0.2, -0.15) is 0 Å². The van der Waals surface area contributed by atoms with Gasteiger partial charge in [0.15, 0.2) is 5.69 Å². The zero-order chi connectivity index (χ0) is 12.7. The highest BCUT2D eigenvalue weighted by atomic mass is 16.2. The minimum Gasteiger partial charge on any atom is -0.347 e. The summed E-state index contributed by atoms with van der Waals surface area (Å²) in [5, 5.41) is 10.4. The van der Waals surface area contributed by atoms with Crippen LogP contribution < -0.4 is 11.1 Å². The summed E-state index contributed by atoms with van der Waals surface area (Å²) in [6.45, 7) is 2.97. The molecule has 0 fully saturated rings. The zero-order valence-electron chi connectivity index (χ0n) is 9.89. The molecule has 1 amide bonds. The number of hydrogen-bond acceptors (Lipinski definition) is 4. The van der Waals surface area contributed by atoms with Gasteiger partial charge in [-0.1, -0.05) is 12.1 Å². The lowest BCUT2D eigenvalue weighted by molar-refractivity contribution is 0.0931. The zero-order valence-corrected chi connectivity index (χ0v) is 9.89. The SMILES string of the molecule is C#CCC(CC)NC(=O)c1cn(CCN)nn1. The lowest BCUT2D eigenvalue weighted by Gasteiger charge is -2.12. The Labute approximate surface area is 101 Å². The number of nitrogens with one attached hydrogen (secondary N) is 1. The molecule has 0 radical (unpaired) electrons. The Bertz CT molecular complexity index is 406. The topological polar surface area (TPSA) is 85.8 Å². The third-order valence-electron chi connectivity index (χ3n) is 2.32. The highest BCUT2D eigenvalue weighted by molar-refractivity contribution is 5.92. The molecule has 0 aromatic carbocycles. The van der Waals surface area contributed by atoms with E-state index in [1.54, 1.807) is 6.20 Å². The molecule has 1 aromatic heterocycles. The van der Waals surface area contributed by atoms with E-state index in [4.69, 9.17) is 12.2 Å². The Morgan fingerprint density at radius 2 is 2.53 bits per heavy atom. The second-order valence-electron chi connectivity index (χ2n) is 3.64. The van der Waals surface area contributed by atoms with Crippen molar-refractivity contribution >= 4 is 5.91 Å². The van der Waals surface area contributed by atoms with Crippen LogP contribution in [0.15, 0.2) is 6.20 Å². The fraction of sp³-hybridized carbons (Fsp3) is 0.545. The second kappa shape index (κ2) is 6.66. The third-order valence-corrected chi connectivity index (χ3v) is 2.32. The van der Waals surface area contributed by atoms with E-state index in [2.05, 4.69) is 21.5 Å². The van der Waals surface area contributed by atoms with Gasteiger partial charge in [-0.05, 0) is 6.42 Å². The molecule has 0 bridgehead atoms. The Hall–Kier alpha value is -1.87. The molecule has 1 rings (SSSR count). The molecule has 0 aliphatic heterocycles. The van der Waals surface area contributed by atoms with Gasteiger partial charge in [-0.3, -0.25) is 9.48 Å². The van der Waals surface area contributed by atoms with Crippen LogP contribution in [0.4, 0.5) is 0 Å². The van der Waals surface area contributed by atoms with Crippen molar-refractivity contribution in [2.75, 3.05) is 6.54 Å². The highest BCUT2D eigenvalue weighted by Gasteiger charge is 2.14. The summed E-state index contributed by atoms with van der Waals surface area (Å²) in [6.07, 6.45) is 8.09. The smallest absolute Gasteiger partial charge is 0.273 e. The van der Waals surface area contributed by atoms with Crippen LogP contribution >= 0.6 is 0 Å². The molecule has 0 saturated heterocycles. The number of carbonyl (C=O) groups is 1.